The van der Waals surface area contributed by atoms with E-state index in [1.54, 1.807) is 0 Å². The molecule has 2 aromatic carbocycles. The summed E-state index contributed by atoms with van der Waals surface area (Å²) in [4.78, 5) is 11.1. The molecule has 5 nitrogen and oxygen atoms in total. The average molecular weight is 471 g/mol. The molecule has 0 radical (unpaired) electrons. The molecular formula is C29H42O5. The number of aliphatic hydroxyl groups excluding tert-OH is 1. The minimum absolute atomic E-state index is 0.117. The van der Waals surface area contributed by atoms with Crippen molar-refractivity contribution in [3.05, 3.63) is 57.6 Å². The lowest BCUT2D eigenvalue weighted by molar-refractivity contribution is -0.141. The van der Waals surface area contributed by atoms with Crippen molar-refractivity contribution in [1.29, 1.82) is 0 Å². The number of esters is 1. The van der Waals surface area contributed by atoms with Gasteiger partial charge < -0.3 is 20.1 Å². The van der Waals surface area contributed by atoms with E-state index in [9.17, 15) is 20.1 Å². The van der Waals surface area contributed by atoms with Crippen LogP contribution in [0.1, 0.15) is 94.7 Å². The third kappa shape index (κ3) is 7.49. The molecule has 0 aliphatic rings. The number of aryl methyl sites for hydroxylation is 2. The van der Waals surface area contributed by atoms with Crippen LogP contribution in [0.4, 0.5) is 0 Å². The first-order chi connectivity index (χ1) is 15.7. The number of aromatic hydroxyl groups is 2. The van der Waals surface area contributed by atoms with E-state index in [1.807, 2.05) is 24.3 Å². The van der Waals surface area contributed by atoms with Crippen LogP contribution in [0, 0.1) is 0 Å². The van der Waals surface area contributed by atoms with E-state index >= 15 is 0 Å². The van der Waals surface area contributed by atoms with Crippen LogP contribution in [-0.2, 0) is 39.6 Å². The molecule has 0 heterocycles. The normalized spacial score (nSPS) is 12.1. The second-order valence-electron chi connectivity index (χ2n) is 11.2. The highest BCUT2D eigenvalue weighted by Gasteiger charge is 2.24. The Bertz CT molecular complexity index is 993. The first kappa shape index (κ1) is 27.7. The Kier molecular flexibility index (Phi) is 9.18. The molecule has 0 bridgehead atoms. The number of phenols is 2. The van der Waals surface area contributed by atoms with Gasteiger partial charge in [-0.25, -0.2) is 0 Å². The Morgan fingerprint density at radius 3 is 1.62 bits per heavy atom. The van der Waals surface area contributed by atoms with Crippen molar-refractivity contribution in [2.24, 2.45) is 0 Å². The van der Waals surface area contributed by atoms with Crippen molar-refractivity contribution in [3.8, 4) is 11.5 Å². The quantitative estimate of drug-likeness (QED) is 0.323. The van der Waals surface area contributed by atoms with E-state index < -0.39 is 0 Å². The standard InChI is InChI=1S/C29H42O5/c1-19(31)34-13-9-11-21-15-23(27(33)25(17-21)29(5,6)7)18-22-14-20(10-8-12-30)16-24(26(22)32)28(2,3)4/h14-17,30,32-33H,8-13,18H2,1-7H3. The van der Waals surface area contributed by atoms with Crippen LogP contribution in [-0.4, -0.2) is 34.5 Å². The Morgan fingerprint density at radius 2 is 1.24 bits per heavy atom. The van der Waals surface area contributed by atoms with Gasteiger partial charge in [0, 0.05) is 20.0 Å². The van der Waals surface area contributed by atoms with Gasteiger partial charge in [0.05, 0.1) is 6.61 Å². The maximum Gasteiger partial charge on any atom is 0.302 e. The highest BCUT2D eigenvalue weighted by Crippen LogP contribution is 2.39. The van der Waals surface area contributed by atoms with E-state index in [-0.39, 0.29) is 34.9 Å². The van der Waals surface area contributed by atoms with Crippen LogP contribution in [0.3, 0.4) is 0 Å². The topological polar surface area (TPSA) is 87.0 Å². The summed E-state index contributed by atoms with van der Waals surface area (Å²) >= 11 is 0. The monoisotopic (exact) mass is 470 g/mol. The van der Waals surface area contributed by atoms with Crippen molar-refractivity contribution in [3.63, 3.8) is 0 Å². The molecule has 3 N–H and O–H groups in total. The maximum absolute atomic E-state index is 11.2. The zero-order chi connectivity index (χ0) is 25.7. The number of hydrogen-bond acceptors (Lipinski definition) is 5. The van der Waals surface area contributed by atoms with Crippen molar-refractivity contribution < 1.29 is 24.9 Å². The number of ether oxygens (including phenoxy) is 1. The Morgan fingerprint density at radius 1 is 0.794 bits per heavy atom. The van der Waals surface area contributed by atoms with Crippen molar-refractivity contribution in [2.75, 3.05) is 13.2 Å². The number of rotatable bonds is 9. The third-order valence-electron chi connectivity index (χ3n) is 6.03. The summed E-state index contributed by atoms with van der Waals surface area (Å²) in [5, 5.41) is 31.7. The zero-order valence-electron chi connectivity index (χ0n) is 21.9. The predicted octanol–water partition coefficient (Wildman–Crippen LogP) is 5.70. The molecule has 0 atom stereocenters. The number of benzene rings is 2. The number of phenolic OH excluding ortho intramolecular Hbond substituents is 2. The number of carbonyl (C=O) groups is 1. The Labute approximate surface area is 204 Å². The molecule has 0 aliphatic heterocycles. The smallest absolute Gasteiger partial charge is 0.302 e. The second kappa shape index (κ2) is 11.3. The molecule has 5 heteroatoms. The molecule has 0 saturated heterocycles. The van der Waals surface area contributed by atoms with Crippen LogP contribution in [0.25, 0.3) is 0 Å². The molecule has 0 aliphatic carbocycles. The molecule has 0 fully saturated rings. The molecule has 0 unspecified atom stereocenters. The Hall–Kier alpha value is -2.53. The molecule has 0 spiro atoms. The van der Waals surface area contributed by atoms with E-state index in [0.29, 0.717) is 25.9 Å². The van der Waals surface area contributed by atoms with Crippen LogP contribution in [0.2, 0.25) is 0 Å². The summed E-state index contributed by atoms with van der Waals surface area (Å²) in [5.41, 5.74) is 4.90. The zero-order valence-corrected chi connectivity index (χ0v) is 21.9. The molecule has 0 saturated carbocycles. The summed E-state index contributed by atoms with van der Waals surface area (Å²) in [7, 11) is 0. The van der Waals surface area contributed by atoms with Gasteiger partial charge in [0.2, 0.25) is 0 Å². The van der Waals surface area contributed by atoms with E-state index in [2.05, 4.69) is 41.5 Å². The Balaban J connectivity index is 2.51. The van der Waals surface area contributed by atoms with Gasteiger partial charge in [-0.2, -0.15) is 0 Å². The molecule has 0 aromatic heterocycles. The van der Waals surface area contributed by atoms with Gasteiger partial charge in [-0.05, 0) is 69.9 Å². The number of carbonyl (C=O) groups excluding carboxylic acids is 1. The van der Waals surface area contributed by atoms with Crippen molar-refractivity contribution in [2.45, 2.75) is 91.4 Å². The lowest BCUT2D eigenvalue weighted by Gasteiger charge is -2.25. The van der Waals surface area contributed by atoms with Gasteiger partial charge >= 0.3 is 5.97 Å². The molecule has 2 aromatic rings. The molecule has 188 valence electrons. The highest BCUT2D eigenvalue weighted by atomic mass is 16.5. The first-order valence-corrected chi connectivity index (χ1v) is 12.2. The lowest BCUT2D eigenvalue weighted by atomic mass is 9.81. The highest BCUT2D eigenvalue weighted by molar-refractivity contribution is 5.65. The van der Waals surface area contributed by atoms with E-state index in [4.69, 9.17) is 4.74 Å². The van der Waals surface area contributed by atoms with Gasteiger partial charge in [0.1, 0.15) is 11.5 Å². The number of hydrogen-bond donors (Lipinski definition) is 3. The first-order valence-electron chi connectivity index (χ1n) is 12.2. The summed E-state index contributed by atoms with van der Waals surface area (Å²) < 4.78 is 5.08. The average Bonchev–Trinajstić information content (AvgIpc) is 2.71. The fourth-order valence-electron chi connectivity index (χ4n) is 4.20. The molecular weight excluding hydrogens is 428 g/mol. The summed E-state index contributed by atoms with van der Waals surface area (Å²) in [6, 6.07) is 8.05. The van der Waals surface area contributed by atoms with Gasteiger partial charge in [0.15, 0.2) is 0 Å². The minimum atomic E-state index is -0.284. The fraction of sp³-hybridized carbons (Fsp3) is 0.552. The van der Waals surface area contributed by atoms with E-state index in [0.717, 1.165) is 46.2 Å². The molecule has 0 amide bonds. The van der Waals surface area contributed by atoms with E-state index in [1.165, 1.54) is 6.92 Å². The third-order valence-corrected chi connectivity index (χ3v) is 6.03. The largest absolute Gasteiger partial charge is 0.507 e. The van der Waals surface area contributed by atoms with Crippen LogP contribution in [0.5, 0.6) is 11.5 Å². The summed E-state index contributed by atoms with van der Waals surface area (Å²) in [6.07, 6.45) is 3.20. The second-order valence-corrected chi connectivity index (χ2v) is 11.2. The van der Waals surface area contributed by atoms with Gasteiger partial charge in [-0.15, -0.1) is 0 Å². The van der Waals surface area contributed by atoms with Gasteiger partial charge in [-0.1, -0.05) is 65.8 Å². The predicted molar refractivity (Wildman–Crippen MR) is 137 cm³/mol. The van der Waals surface area contributed by atoms with Gasteiger partial charge in [-0.3, -0.25) is 4.79 Å². The van der Waals surface area contributed by atoms with Crippen molar-refractivity contribution in [1.82, 2.24) is 0 Å². The summed E-state index contributed by atoms with van der Waals surface area (Å²) in [6.45, 7) is 14.3. The molecule has 2 rings (SSSR count). The number of aliphatic hydroxyl groups is 1. The summed E-state index contributed by atoms with van der Waals surface area (Å²) in [5.74, 6) is 0.235. The fourth-order valence-corrected chi connectivity index (χ4v) is 4.20. The van der Waals surface area contributed by atoms with Crippen molar-refractivity contribution >= 4 is 5.97 Å². The van der Waals surface area contributed by atoms with Crippen LogP contribution in [0.15, 0.2) is 24.3 Å². The lowest BCUT2D eigenvalue weighted by Crippen LogP contribution is -2.14. The SMILES string of the molecule is CC(=O)OCCCc1cc(Cc2cc(CCCO)cc(C(C)(C)C)c2O)c(O)c(C(C)(C)C)c1. The maximum atomic E-state index is 11.2. The van der Waals surface area contributed by atoms with Crippen LogP contribution >= 0.6 is 0 Å². The molecule has 34 heavy (non-hydrogen) atoms. The minimum Gasteiger partial charge on any atom is -0.507 e. The van der Waals surface area contributed by atoms with Crippen LogP contribution < -0.4 is 0 Å². The van der Waals surface area contributed by atoms with Gasteiger partial charge in [0.25, 0.3) is 0 Å².